The van der Waals surface area contributed by atoms with Gasteiger partial charge in [0, 0.05) is 18.5 Å². The Morgan fingerprint density at radius 2 is 1.46 bits per heavy atom. The van der Waals surface area contributed by atoms with Gasteiger partial charge in [0.25, 0.3) is 0 Å². The van der Waals surface area contributed by atoms with Crippen LogP contribution < -0.4 is 14.8 Å². The summed E-state index contributed by atoms with van der Waals surface area (Å²) >= 11 is 0. The minimum Gasteiger partial charge on any atom is -0.447 e. The molecule has 0 saturated carbocycles. The van der Waals surface area contributed by atoms with Crippen LogP contribution in [0.25, 0.3) is 0 Å². The van der Waals surface area contributed by atoms with E-state index >= 15 is 0 Å². The summed E-state index contributed by atoms with van der Waals surface area (Å²) in [5.41, 5.74) is 6.45. The number of nitrogens with two attached hydrogens (primary N) is 1. The molecule has 3 aromatic carbocycles. The molecule has 216 valence electrons. The number of hydrogen-bond donors (Lipinski definition) is 1. The number of amides is 1. The normalized spacial score (nSPS) is 12.0. The summed E-state index contributed by atoms with van der Waals surface area (Å²) in [5.74, 6) is -2.41. The smallest absolute Gasteiger partial charge is 0.447 e. The third-order valence-electron chi connectivity index (χ3n) is 5.27. The van der Waals surface area contributed by atoms with Crippen molar-refractivity contribution in [1.29, 1.82) is 0 Å². The van der Waals surface area contributed by atoms with Crippen LogP contribution in [0.3, 0.4) is 0 Å². The van der Waals surface area contributed by atoms with Crippen LogP contribution in [-0.2, 0) is 25.4 Å². The Bertz CT molecular complexity index is 1340. The summed E-state index contributed by atoms with van der Waals surface area (Å²) in [5, 5.41) is -0.0608. The summed E-state index contributed by atoms with van der Waals surface area (Å²) in [6.45, 7) is -0.332. The molecule has 0 radical (unpaired) electrons. The molecule has 9 nitrogen and oxygen atoms in total. The number of carbonyl (C=O) groups excluding carboxylic acids is 2. The van der Waals surface area contributed by atoms with E-state index in [2.05, 4.69) is 10.8 Å². The van der Waals surface area contributed by atoms with Gasteiger partial charge in [0.2, 0.25) is 5.78 Å². The molecule has 3 rings (SSSR count). The van der Waals surface area contributed by atoms with E-state index in [4.69, 9.17) is 25.9 Å². The van der Waals surface area contributed by atoms with Crippen LogP contribution in [0.15, 0.2) is 84.9 Å². The zero-order valence-electron chi connectivity index (χ0n) is 21.5. The van der Waals surface area contributed by atoms with E-state index in [0.29, 0.717) is 11.3 Å². The van der Waals surface area contributed by atoms with Crippen molar-refractivity contribution in [1.82, 2.24) is 5.06 Å². The lowest BCUT2D eigenvalue weighted by Gasteiger charge is -2.33. The highest BCUT2D eigenvalue weighted by Crippen LogP contribution is 2.55. The van der Waals surface area contributed by atoms with Crippen LogP contribution in [0, 0.1) is 12.3 Å². The van der Waals surface area contributed by atoms with E-state index in [1.165, 1.54) is 48.5 Å². The lowest BCUT2D eigenvalue weighted by molar-refractivity contribution is -0.233. The van der Waals surface area contributed by atoms with Gasteiger partial charge in [-0.2, -0.15) is 13.2 Å². The van der Waals surface area contributed by atoms with E-state index in [0.717, 1.165) is 0 Å². The fourth-order valence-electron chi connectivity index (χ4n) is 3.34. The second-order valence-electron chi connectivity index (χ2n) is 8.40. The van der Waals surface area contributed by atoms with Crippen molar-refractivity contribution in [2.24, 2.45) is 0 Å². The number of hydrogen-bond acceptors (Lipinski definition) is 8. The third kappa shape index (κ3) is 9.22. The maximum absolute atomic E-state index is 14.7. The van der Waals surface area contributed by atoms with Crippen LogP contribution in [-0.4, -0.2) is 35.7 Å². The van der Waals surface area contributed by atoms with Gasteiger partial charge in [0.15, 0.2) is 0 Å². The molecular formula is C28H26F3N2O7P. The highest BCUT2D eigenvalue weighted by atomic mass is 31.2. The summed E-state index contributed by atoms with van der Waals surface area (Å²) < 4.78 is 71.2. The zero-order chi connectivity index (χ0) is 29.9. The van der Waals surface area contributed by atoms with Gasteiger partial charge in [-0.05, 0) is 48.4 Å². The van der Waals surface area contributed by atoms with Crippen molar-refractivity contribution in [2.75, 3.05) is 12.3 Å². The Kier molecular flexibility index (Phi) is 10.7. The van der Waals surface area contributed by atoms with Crippen LogP contribution in [0.5, 0.6) is 11.5 Å². The van der Waals surface area contributed by atoms with Gasteiger partial charge < -0.3 is 24.4 Å². The standard InChI is InChI=1S/C28H26F3N2O7P/c1-2-3-10-19-37-27(35)33(38-26(34)28(29,30)31)25(20-21-15-17-22(32)18-16-21)41(36,39-23-11-6-4-7-12-23)40-24-13-8-5-9-14-24/h1,4-9,11-18,25H,3,10,19-20,32H2. The number of alkyl halides is 3. The maximum atomic E-state index is 14.7. The Hall–Kier alpha value is -4.62. The number of carbonyl (C=O) groups is 2. The first-order chi connectivity index (χ1) is 19.5. The Balaban J connectivity index is 2.15. The molecule has 0 aliphatic rings. The van der Waals surface area contributed by atoms with Gasteiger partial charge in [-0.3, -0.25) is 0 Å². The van der Waals surface area contributed by atoms with Crippen molar-refractivity contribution in [3.8, 4) is 23.8 Å². The first-order valence-electron chi connectivity index (χ1n) is 12.1. The van der Waals surface area contributed by atoms with Gasteiger partial charge in [-0.1, -0.05) is 48.5 Å². The monoisotopic (exact) mass is 590 g/mol. The van der Waals surface area contributed by atoms with Crippen molar-refractivity contribution < 1.29 is 45.9 Å². The number of terminal acetylenes is 1. The van der Waals surface area contributed by atoms with Gasteiger partial charge in [0.1, 0.15) is 11.5 Å². The minimum atomic E-state index is -5.52. The lowest BCUT2D eigenvalue weighted by Crippen LogP contribution is -2.47. The van der Waals surface area contributed by atoms with Gasteiger partial charge in [-0.25, -0.2) is 14.2 Å². The van der Waals surface area contributed by atoms with Crippen molar-refractivity contribution in [3.63, 3.8) is 0 Å². The first kappa shape index (κ1) is 30.9. The third-order valence-corrected chi connectivity index (χ3v) is 7.32. The molecule has 0 saturated heterocycles. The quantitative estimate of drug-likeness (QED) is 0.0902. The van der Waals surface area contributed by atoms with Crippen molar-refractivity contribution in [3.05, 3.63) is 90.5 Å². The molecule has 0 heterocycles. The van der Waals surface area contributed by atoms with E-state index in [1.54, 1.807) is 36.4 Å². The highest BCUT2D eigenvalue weighted by molar-refractivity contribution is 7.55. The van der Waals surface area contributed by atoms with Crippen LogP contribution in [0.2, 0.25) is 0 Å². The molecular weight excluding hydrogens is 564 g/mol. The van der Waals surface area contributed by atoms with E-state index in [-0.39, 0.29) is 36.0 Å². The number of nitrogens with zero attached hydrogens (tertiary/aromatic N) is 1. The average Bonchev–Trinajstić information content (AvgIpc) is 2.94. The average molecular weight is 590 g/mol. The number of anilines is 1. The van der Waals surface area contributed by atoms with Gasteiger partial charge in [0.05, 0.1) is 6.61 Å². The molecule has 0 aliphatic carbocycles. The number of nitrogen functional groups attached to an aromatic ring is 1. The van der Waals surface area contributed by atoms with Crippen LogP contribution in [0.1, 0.15) is 18.4 Å². The maximum Gasteiger partial charge on any atom is 0.493 e. The number of ether oxygens (including phenoxy) is 1. The summed E-state index contributed by atoms with van der Waals surface area (Å²) in [4.78, 5) is 29.7. The molecule has 0 aromatic heterocycles. The van der Waals surface area contributed by atoms with Crippen LogP contribution in [0.4, 0.5) is 23.7 Å². The number of unbranched alkanes of at least 4 members (excludes halogenated alkanes) is 1. The fraction of sp³-hybridized carbons (Fsp3) is 0.214. The Morgan fingerprint density at radius 1 is 0.927 bits per heavy atom. The zero-order valence-corrected chi connectivity index (χ0v) is 22.4. The predicted octanol–water partition coefficient (Wildman–Crippen LogP) is 6.36. The molecule has 41 heavy (non-hydrogen) atoms. The number of para-hydroxylation sites is 2. The predicted molar refractivity (Wildman–Crippen MR) is 143 cm³/mol. The second kappa shape index (κ2) is 14.1. The fourth-order valence-corrected chi connectivity index (χ4v) is 5.29. The molecule has 3 aromatic rings. The van der Waals surface area contributed by atoms with Gasteiger partial charge in [-0.15, -0.1) is 17.4 Å². The van der Waals surface area contributed by atoms with E-state index in [9.17, 15) is 27.3 Å². The number of hydroxylamine groups is 2. The summed E-state index contributed by atoms with van der Waals surface area (Å²) in [7, 11) is -4.80. The first-order valence-corrected chi connectivity index (χ1v) is 13.7. The molecule has 1 amide bonds. The summed E-state index contributed by atoms with van der Waals surface area (Å²) in [6, 6.07) is 21.1. The molecule has 2 N–H and O–H groups in total. The van der Waals surface area contributed by atoms with E-state index < -0.39 is 38.0 Å². The molecule has 13 heteroatoms. The summed E-state index contributed by atoms with van der Waals surface area (Å²) in [6.07, 6.45) is -1.99. The minimum absolute atomic E-state index is 0.00134. The molecule has 0 fully saturated rings. The van der Waals surface area contributed by atoms with E-state index in [1.807, 2.05) is 0 Å². The van der Waals surface area contributed by atoms with Crippen LogP contribution >= 0.6 is 7.60 Å². The molecule has 0 spiro atoms. The molecule has 1 unspecified atom stereocenters. The van der Waals surface area contributed by atoms with Crippen molar-refractivity contribution >= 4 is 25.3 Å². The molecule has 1 atom stereocenters. The Labute approximate surface area is 234 Å². The lowest BCUT2D eigenvalue weighted by atomic mass is 10.1. The Morgan fingerprint density at radius 3 is 1.95 bits per heavy atom. The van der Waals surface area contributed by atoms with Gasteiger partial charge >= 0.3 is 25.8 Å². The molecule has 0 bridgehead atoms. The molecule has 0 aliphatic heterocycles. The number of benzene rings is 3. The second-order valence-corrected chi connectivity index (χ2v) is 10.4. The number of halogens is 3. The SMILES string of the molecule is C#CCCCOC(=O)N(OC(=O)C(F)(F)F)C(Cc1ccc(N)cc1)P(=O)(Oc1ccccc1)Oc1ccccc1. The number of rotatable bonds is 11. The largest absolute Gasteiger partial charge is 0.493 e. The topological polar surface area (TPSA) is 117 Å². The van der Waals surface area contributed by atoms with Crippen molar-refractivity contribution in [2.45, 2.75) is 31.2 Å². The highest BCUT2D eigenvalue weighted by Gasteiger charge is 2.51.